The van der Waals surface area contributed by atoms with Crippen molar-refractivity contribution in [1.82, 2.24) is 9.88 Å². The maximum Gasteiger partial charge on any atom is 0.253 e. The number of H-pyrrole nitrogens is 1. The molecule has 0 spiro atoms. The molecule has 3 aromatic rings. The maximum absolute atomic E-state index is 12.6. The first-order valence-electron chi connectivity index (χ1n) is 7.04. The molecule has 3 rings (SSSR count). The number of fused-ring (bicyclic) bond motifs is 1. The number of carbonyl (C=O) groups excluding carboxylic acids is 1. The summed E-state index contributed by atoms with van der Waals surface area (Å²) >= 11 is 5.11. The average molecular weight is 377 g/mol. The molecule has 0 saturated heterocycles. The molecular formula is C17H17BrN2OS. The molecule has 0 aliphatic carbocycles. The lowest BCUT2D eigenvalue weighted by Crippen LogP contribution is -2.25. The number of aryl methyl sites for hydroxylation is 2. The lowest BCUT2D eigenvalue weighted by Gasteiger charge is -2.16. The van der Waals surface area contributed by atoms with Gasteiger partial charge in [0, 0.05) is 34.1 Å². The zero-order valence-electron chi connectivity index (χ0n) is 12.7. The minimum atomic E-state index is 0.0460. The van der Waals surface area contributed by atoms with E-state index in [1.807, 2.05) is 37.4 Å². The monoisotopic (exact) mass is 376 g/mol. The van der Waals surface area contributed by atoms with Crippen LogP contribution in [-0.2, 0) is 6.54 Å². The van der Waals surface area contributed by atoms with E-state index in [0.29, 0.717) is 6.54 Å². The molecule has 1 aromatic carbocycles. The SMILES string of the molecule is Cc1[nH]c2ccc(C(=O)N(C)Cc3ccc(Br)s3)cc2c1C. The van der Waals surface area contributed by atoms with Crippen molar-refractivity contribution in [3.05, 3.63) is 55.8 Å². The summed E-state index contributed by atoms with van der Waals surface area (Å²) in [6.45, 7) is 4.76. The van der Waals surface area contributed by atoms with E-state index in [4.69, 9.17) is 0 Å². The number of aromatic nitrogens is 1. The molecule has 2 heterocycles. The fourth-order valence-electron chi connectivity index (χ4n) is 2.56. The summed E-state index contributed by atoms with van der Waals surface area (Å²) in [7, 11) is 1.84. The largest absolute Gasteiger partial charge is 0.358 e. The lowest BCUT2D eigenvalue weighted by molar-refractivity contribution is 0.0786. The molecule has 1 N–H and O–H groups in total. The first kappa shape index (κ1) is 15.3. The molecule has 0 radical (unpaired) electrons. The number of hydrogen-bond donors (Lipinski definition) is 1. The summed E-state index contributed by atoms with van der Waals surface area (Å²) in [5, 5.41) is 1.12. The van der Waals surface area contributed by atoms with Crippen LogP contribution in [0.15, 0.2) is 34.1 Å². The molecule has 1 amide bonds. The number of benzene rings is 1. The maximum atomic E-state index is 12.6. The van der Waals surface area contributed by atoms with Crippen LogP contribution in [-0.4, -0.2) is 22.8 Å². The number of nitrogens with one attached hydrogen (secondary N) is 1. The zero-order chi connectivity index (χ0) is 15.9. The zero-order valence-corrected chi connectivity index (χ0v) is 15.1. The van der Waals surface area contributed by atoms with Gasteiger partial charge in [0.05, 0.1) is 10.3 Å². The lowest BCUT2D eigenvalue weighted by atomic mass is 10.1. The highest BCUT2D eigenvalue weighted by atomic mass is 79.9. The fraction of sp³-hybridized carbons (Fsp3) is 0.235. The third-order valence-corrected chi connectivity index (χ3v) is 5.53. The van der Waals surface area contributed by atoms with Crippen LogP contribution in [0.5, 0.6) is 0 Å². The standard InChI is InChI=1S/C17H17BrN2OS/c1-10-11(2)19-15-6-4-12(8-14(10)15)17(21)20(3)9-13-5-7-16(18)22-13/h4-8,19H,9H2,1-3H3. The highest BCUT2D eigenvalue weighted by Gasteiger charge is 2.15. The number of rotatable bonds is 3. The topological polar surface area (TPSA) is 36.1 Å². The van der Waals surface area contributed by atoms with Gasteiger partial charge in [-0.05, 0) is 65.7 Å². The van der Waals surface area contributed by atoms with Crippen LogP contribution in [0.25, 0.3) is 10.9 Å². The second-order valence-corrected chi connectivity index (χ2v) is 8.05. The van der Waals surface area contributed by atoms with Gasteiger partial charge in [0.1, 0.15) is 0 Å². The minimum absolute atomic E-state index is 0.0460. The van der Waals surface area contributed by atoms with Gasteiger partial charge in [0.15, 0.2) is 0 Å². The highest BCUT2D eigenvalue weighted by Crippen LogP contribution is 2.25. The van der Waals surface area contributed by atoms with Gasteiger partial charge in [-0.3, -0.25) is 4.79 Å². The van der Waals surface area contributed by atoms with Gasteiger partial charge in [0.2, 0.25) is 0 Å². The Morgan fingerprint density at radius 1 is 1.27 bits per heavy atom. The van der Waals surface area contributed by atoms with Crippen LogP contribution in [0.4, 0.5) is 0 Å². The highest BCUT2D eigenvalue weighted by molar-refractivity contribution is 9.11. The normalized spacial score (nSPS) is 11.1. The third-order valence-electron chi connectivity index (χ3n) is 3.92. The minimum Gasteiger partial charge on any atom is -0.358 e. The van der Waals surface area contributed by atoms with Crippen LogP contribution in [0.3, 0.4) is 0 Å². The number of amides is 1. The van der Waals surface area contributed by atoms with Crippen LogP contribution >= 0.6 is 27.3 Å². The Labute approximate surface area is 142 Å². The Bertz CT molecular complexity index is 850. The van der Waals surface area contributed by atoms with Gasteiger partial charge in [-0.25, -0.2) is 0 Å². The summed E-state index contributed by atoms with van der Waals surface area (Å²) in [5.74, 6) is 0.0460. The Morgan fingerprint density at radius 2 is 2.05 bits per heavy atom. The third kappa shape index (κ3) is 2.83. The summed E-state index contributed by atoms with van der Waals surface area (Å²) < 4.78 is 1.09. The van der Waals surface area contributed by atoms with Crippen molar-refractivity contribution >= 4 is 44.1 Å². The van der Waals surface area contributed by atoms with Crippen LogP contribution < -0.4 is 0 Å². The molecule has 5 heteroatoms. The molecule has 0 aliphatic rings. The summed E-state index contributed by atoms with van der Waals surface area (Å²) in [4.78, 5) is 18.9. The number of aromatic amines is 1. The van der Waals surface area contributed by atoms with Gasteiger partial charge in [-0.1, -0.05) is 0 Å². The number of halogens is 1. The van der Waals surface area contributed by atoms with Crippen molar-refractivity contribution in [3.8, 4) is 0 Å². The molecule has 22 heavy (non-hydrogen) atoms. The summed E-state index contributed by atoms with van der Waals surface area (Å²) in [6, 6.07) is 9.91. The van der Waals surface area contributed by atoms with E-state index >= 15 is 0 Å². The molecule has 0 atom stereocenters. The molecular weight excluding hydrogens is 360 g/mol. The van der Waals surface area contributed by atoms with Crippen molar-refractivity contribution in [2.75, 3.05) is 7.05 Å². The Morgan fingerprint density at radius 3 is 2.73 bits per heavy atom. The first-order valence-corrected chi connectivity index (χ1v) is 8.65. The number of carbonyl (C=O) groups is 1. The average Bonchev–Trinajstić information content (AvgIpc) is 3.02. The van der Waals surface area contributed by atoms with Crippen LogP contribution in [0.1, 0.15) is 26.5 Å². The summed E-state index contributed by atoms with van der Waals surface area (Å²) in [6.07, 6.45) is 0. The van der Waals surface area contributed by atoms with E-state index in [1.165, 1.54) is 5.56 Å². The van der Waals surface area contributed by atoms with E-state index in [2.05, 4.69) is 34.8 Å². The van der Waals surface area contributed by atoms with E-state index in [9.17, 15) is 4.79 Å². The van der Waals surface area contributed by atoms with Gasteiger partial charge in [0.25, 0.3) is 5.91 Å². The Kier molecular flexibility index (Phi) is 4.10. The van der Waals surface area contributed by atoms with Crippen molar-refractivity contribution < 1.29 is 4.79 Å². The Hall–Kier alpha value is -1.59. The second kappa shape index (κ2) is 5.89. The molecule has 0 aliphatic heterocycles. The van der Waals surface area contributed by atoms with Gasteiger partial charge >= 0.3 is 0 Å². The van der Waals surface area contributed by atoms with E-state index in [1.54, 1.807) is 16.2 Å². The molecule has 3 nitrogen and oxygen atoms in total. The van der Waals surface area contributed by atoms with Gasteiger partial charge in [-0.2, -0.15) is 0 Å². The first-order chi connectivity index (χ1) is 10.5. The van der Waals surface area contributed by atoms with Crippen molar-refractivity contribution in [2.24, 2.45) is 0 Å². The van der Waals surface area contributed by atoms with Gasteiger partial charge < -0.3 is 9.88 Å². The number of nitrogens with zero attached hydrogens (tertiary/aromatic N) is 1. The summed E-state index contributed by atoms with van der Waals surface area (Å²) in [5.41, 5.74) is 4.16. The van der Waals surface area contributed by atoms with Crippen molar-refractivity contribution in [1.29, 1.82) is 0 Å². The molecule has 0 saturated carbocycles. The van der Waals surface area contributed by atoms with Crippen molar-refractivity contribution in [3.63, 3.8) is 0 Å². The molecule has 2 aromatic heterocycles. The molecule has 0 bridgehead atoms. The smallest absolute Gasteiger partial charge is 0.253 e. The molecule has 0 fully saturated rings. The van der Waals surface area contributed by atoms with E-state index in [0.717, 1.165) is 30.8 Å². The van der Waals surface area contributed by atoms with Gasteiger partial charge in [-0.15, -0.1) is 11.3 Å². The van der Waals surface area contributed by atoms with E-state index in [-0.39, 0.29) is 5.91 Å². The predicted octanol–water partition coefficient (Wildman–Crippen LogP) is 4.88. The van der Waals surface area contributed by atoms with Crippen molar-refractivity contribution in [2.45, 2.75) is 20.4 Å². The molecule has 0 unspecified atom stereocenters. The Balaban J connectivity index is 1.86. The molecule has 114 valence electrons. The van der Waals surface area contributed by atoms with Crippen LogP contribution in [0.2, 0.25) is 0 Å². The van der Waals surface area contributed by atoms with Crippen LogP contribution in [0, 0.1) is 13.8 Å². The number of hydrogen-bond acceptors (Lipinski definition) is 2. The fourth-order valence-corrected chi connectivity index (χ4v) is 4.09. The second-order valence-electron chi connectivity index (χ2n) is 5.50. The predicted molar refractivity (Wildman–Crippen MR) is 95.6 cm³/mol. The number of thiophene rings is 1. The van der Waals surface area contributed by atoms with E-state index < -0.39 is 0 Å². The quantitative estimate of drug-likeness (QED) is 0.694.